The molecule has 3 rings (SSSR count). The molecule has 8 heteroatoms. The molecule has 6 nitrogen and oxygen atoms in total. The zero-order valence-electron chi connectivity index (χ0n) is 14.1. The molecule has 1 aliphatic rings. The number of piperidine rings is 1. The van der Waals surface area contributed by atoms with Gasteiger partial charge in [0.1, 0.15) is 5.75 Å². The minimum absolute atomic E-state index is 0.216. The molecule has 0 bridgehead atoms. The number of aryl methyl sites for hydroxylation is 1. The van der Waals surface area contributed by atoms with Gasteiger partial charge in [0, 0.05) is 32.0 Å². The maximum atomic E-state index is 12.8. The van der Waals surface area contributed by atoms with Crippen molar-refractivity contribution in [2.75, 3.05) is 20.2 Å². The lowest BCUT2D eigenvalue weighted by atomic mass is 9.95. The lowest BCUT2D eigenvalue weighted by Crippen LogP contribution is -2.38. The number of hydrogen-bond acceptors (Lipinski definition) is 4. The van der Waals surface area contributed by atoms with Crippen LogP contribution in [0.2, 0.25) is 5.02 Å². The molecule has 0 N–H and O–H groups in total. The fourth-order valence-corrected chi connectivity index (χ4v) is 4.96. The van der Waals surface area contributed by atoms with Crippen LogP contribution in [-0.2, 0) is 16.6 Å². The molecule has 1 aliphatic heterocycles. The summed E-state index contributed by atoms with van der Waals surface area (Å²) in [4.78, 5) is 0.216. The van der Waals surface area contributed by atoms with Gasteiger partial charge in [-0.3, -0.25) is 4.68 Å². The molecule has 1 aromatic carbocycles. The molecule has 0 atom stereocenters. The summed E-state index contributed by atoms with van der Waals surface area (Å²) < 4.78 is 34.2. The molecule has 136 valence electrons. The van der Waals surface area contributed by atoms with E-state index in [1.165, 1.54) is 13.2 Å². The highest BCUT2D eigenvalue weighted by atomic mass is 35.5. The van der Waals surface area contributed by atoms with E-state index in [2.05, 4.69) is 5.10 Å². The first-order valence-corrected chi connectivity index (χ1v) is 10.1. The van der Waals surface area contributed by atoms with Gasteiger partial charge in [-0.2, -0.15) is 9.40 Å². The minimum atomic E-state index is -3.52. The van der Waals surface area contributed by atoms with Gasteiger partial charge in [-0.1, -0.05) is 11.6 Å². The average Bonchev–Trinajstić information content (AvgIpc) is 3.14. The molecule has 1 saturated heterocycles. The summed E-state index contributed by atoms with van der Waals surface area (Å²) in [7, 11) is -2.01. The molecule has 1 fully saturated rings. The lowest BCUT2D eigenvalue weighted by molar-refractivity contribution is 0.254. The van der Waals surface area contributed by atoms with E-state index in [9.17, 15) is 8.42 Å². The van der Waals surface area contributed by atoms with E-state index >= 15 is 0 Å². The summed E-state index contributed by atoms with van der Waals surface area (Å²) in [6.07, 6.45) is 6.47. The third kappa shape index (κ3) is 4.16. The SMILES string of the molecule is COc1ccc(S(=O)(=O)N2CCC(CCn3cccn3)CC2)cc1Cl. The Hall–Kier alpha value is -1.57. The molecule has 0 unspecified atom stereocenters. The van der Waals surface area contributed by atoms with Crippen LogP contribution in [0.25, 0.3) is 0 Å². The molecule has 1 aromatic heterocycles. The number of aromatic nitrogens is 2. The molecule has 0 saturated carbocycles. The van der Waals surface area contributed by atoms with Crippen molar-refractivity contribution < 1.29 is 13.2 Å². The van der Waals surface area contributed by atoms with Crippen LogP contribution in [-0.4, -0.2) is 42.7 Å². The second kappa shape index (κ2) is 7.76. The highest BCUT2D eigenvalue weighted by Gasteiger charge is 2.29. The number of sulfonamides is 1. The predicted molar refractivity (Wildman–Crippen MR) is 96.3 cm³/mol. The molecule has 25 heavy (non-hydrogen) atoms. The molecule has 2 aromatic rings. The zero-order chi connectivity index (χ0) is 17.9. The number of hydrogen-bond donors (Lipinski definition) is 0. The summed E-state index contributed by atoms with van der Waals surface area (Å²) in [5.41, 5.74) is 0. The van der Waals surface area contributed by atoms with Gasteiger partial charge in [-0.15, -0.1) is 0 Å². The van der Waals surface area contributed by atoms with E-state index in [1.807, 2.05) is 16.9 Å². The predicted octanol–water partition coefficient (Wildman–Crippen LogP) is 3.04. The number of rotatable bonds is 6. The van der Waals surface area contributed by atoms with Crippen LogP contribution in [0, 0.1) is 5.92 Å². The van der Waals surface area contributed by atoms with Crippen LogP contribution < -0.4 is 4.74 Å². The van der Waals surface area contributed by atoms with Crippen molar-refractivity contribution in [3.05, 3.63) is 41.7 Å². The van der Waals surface area contributed by atoms with E-state index < -0.39 is 10.0 Å². The van der Waals surface area contributed by atoms with Crippen LogP contribution in [0.3, 0.4) is 0 Å². The van der Waals surface area contributed by atoms with Gasteiger partial charge < -0.3 is 4.74 Å². The topological polar surface area (TPSA) is 64.4 Å². The second-order valence-corrected chi connectivity index (χ2v) is 8.55. The number of halogens is 1. The normalized spacial score (nSPS) is 16.9. The molecule has 2 heterocycles. The largest absolute Gasteiger partial charge is 0.495 e. The van der Waals surface area contributed by atoms with Gasteiger partial charge in [-0.05, 0) is 49.4 Å². The lowest BCUT2D eigenvalue weighted by Gasteiger charge is -2.31. The zero-order valence-corrected chi connectivity index (χ0v) is 15.7. The van der Waals surface area contributed by atoms with Gasteiger partial charge in [0.05, 0.1) is 17.0 Å². The van der Waals surface area contributed by atoms with Crippen molar-refractivity contribution in [2.45, 2.75) is 30.7 Å². The van der Waals surface area contributed by atoms with Crippen LogP contribution >= 0.6 is 11.6 Å². The fourth-order valence-electron chi connectivity index (χ4n) is 3.14. The number of benzene rings is 1. The Morgan fingerprint density at radius 2 is 2.08 bits per heavy atom. The maximum absolute atomic E-state index is 12.8. The van der Waals surface area contributed by atoms with Crippen LogP contribution in [0.5, 0.6) is 5.75 Å². The molecular weight excluding hydrogens is 362 g/mol. The van der Waals surface area contributed by atoms with Crippen molar-refractivity contribution in [1.82, 2.24) is 14.1 Å². The molecule has 0 radical (unpaired) electrons. The van der Waals surface area contributed by atoms with Crippen molar-refractivity contribution in [2.24, 2.45) is 5.92 Å². The van der Waals surface area contributed by atoms with Crippen molar-refractivity contribution >= 4 is 21.6 Å². The standard InChI is InChI=1S/C17H22ClN3O3S/c1-24-17-4-3-15(13-16(17)18)25(22,23)21-11-6-14(7-12-21)5-10-20-9-2-8-19-20/h2-4,8-9,13-14H,5-7,10-12H2,1H3. The monoisotopic (exact) mass is 383 g/mol. The Labute approximate surface area is 153 Å². The summed E-state index contributed by atoms with van der Waals surface area (Å²) in [6.45, 7) is 1.95. The average molecular weight is 384 g/mol. The van der Waals surface area contributed by atoms with E-state index in [4.69, 9.17) is 16.3 Å². The summed E-state index contributed by atoms with van der Waals surface area (Å²) in [5.74, 6) is 0.994. The minimum Gasteiger partial charge on any atom is -0.495 e. The Kier molecular flexibility index (Phi) is 5.66. The first-order chi connectivity index (χ1) is 12.0. The van der Waals surface area contributed by atoms with Gasteiger partial charge in [0.2, 0.25) is 10.0 Å². The molecular formula is C17H22ClN3O3S. The molecule has 0 aliphatic carbocycles. The molecule has 0 amide bonds. The maximum Gasteiger partial charge on any atom is 0.243 e. The second-order valence-electron chi connectivity index (χ2n) is 6.20. The van der Waals surface area contributed by atoms with Crippen molar-refractivity contribution in [1.29, 1.82) is 0 Å². The van der Waals surface area contributed by atoms with Crippen LogP contribution in [0.15, 0.2) is 41.6 Å². The first-order valence-electron chi connectivity index (χ1n) is 8.32. The number of nitrogens with zero attached hydrogens (tertiary/aromatic N) is 3. The Balaban J connectivity index is 1.60. The van der Waals surface area contributed by atoms with E-state index in [0.29, 0.717) is 29.8 Å². The summed E-state index contributed by atoms with van der Waals surface area (Å²) in [5, 5.41) is 4.51. The van der Waals surface area contributed by atoms with Crippen molar-refractivity contribution in [3.63, 3.8) is 0 Å². The summed E-state index contributed by atoms with van der Waals surface area (Å²) >= 11 is 6.07. The highest BCUT2D eigenvalue weighted by molar-refractivity contribution is 7.89. The van der Waals surface area contributed by atoms with Crippen molar-refractivity contribution in [3.8, 4) is 5.75 Å². The highest BCUT2D eigenvalue weighted by Crippen LogP contribution is 2.30. The summed E-state index contributed by atoms with van der Waals surface area (Å²) in [6, 6.07) is 6.50. The van der Waals surface area contributed by atoms with Crippen LogP contribution in [0.1, 0.15) is 19.3 Å². The van der Waals surface area contributed by atoms with Gasteiger partial charge in [-0.25, -0.2) is 8.42 Å². The quantitative estimate of drug-likeness (QED) is 0.769. The number of methoxy groups -OCH3 is 1. The Bertz CT molecular complexity index is 801. The van der Waals surface area contributed by atoms with Gasteiger partial charge in [0.25, 0.3) is 0 Å². The van der Waals surface area contributed by atoms with E-state index in [0.717, 1.165) is 25.8 Å². The Morgan fingerprint density at radius 1 is 1.32 bits per heavy atom. The smallest absolute Gasteiger partial charge is 0.243 e. The first kappa shape index (κ1) is 18.2. The van der Waals surface area contributed by atoms with Gasteiger partial charge >= 0.3 is 0 Å². The Morgan fingerprint density at radius 3 is 2.68 bits per heavy atom. The third-order valence-electron chi connectivity index (χ3n) is 4.66. The number of ether oxygens (including phenoxy) is 1. The van der Waals surface area contributed by atoms with E-state index in [1.54, 1.807) is 22.6 Å². The van der Waals surface area contributed by atoms with Gasteiger partial charge in [0.15, 0.2) is 0 Å². The third-order valence-corrected chi connectivity index (χ3v) is 6.85. The molecule has 0 spiro atoms. The van der Waals surface area contributed by atoms with Crippen LogP contribution in [0.4, 0.5) is 0 Å². The fraction of sp³-hybridized carbons (Fsp3) is 0.471. The van der Waals surface area contributed by atoms with E-state index in [-0.39, 0.29) is 4.90 Å².